The van der Waals surface area contributed by atoms with Crippen LogP contribution in [0.25, 0.3) is 22.2 Å². The Balaban J connectivity index is 1.18. The number of fused-ring (bicyclic) bond motifs is 1. The van der Waals surface area contributed by atoms with Crippen molar-refractivity contribution in [1.29, 1.82) is 0 Å². The van der Waals surface area contributed by atoms with Crippen molar-refractivity contribution in [1.82, 2.24) is 30.8 Å². The van der Waals surface area contributed by atoms with Gasteiger partial charge in [0, 0.05) is 54.2 Å². The summed E-state index contributed by atoms with van der Waals surface area (Å²) in [6.45, 7) is 3.44. The van der Waals surface area contributed by atoms with Gasteiger partial charge >= 0.3 is 6.03 Å². The molecule has 1 saturated heterocycles. The number of anilines is 1. The monoisotopic (exact) mass is 427 g/mol. The lowest BCUT2D eigenvalue weighted by molar-refractivity contribution is 0.250. The average Bonchev–Trinajstić information content (AvgIpc) is 3.45. The first-order chi connectivity index (χ1) is 15.7. The van der Waals surface area contributed by atoms with Crippen LogP contribution in [0.1, 0.15) is 23.7 Å². The predicted octanol–water partition coefficient (Wildman–Crippen LogP) is 3.80. The molecule has 0 aliphatic carbocycles. The quantitative estimate of drug-likeness (QED) is 0.387. The van der Waals surface area contributed by atoms with Crippen LogP contribution in [0.15, 0.2) is 60.9 Å². The molecule has 4 N–H and O–H groups in total. The van der Waals surface area contributed by atoms with E-state index in [1.165, 1.54) is 5.56 Å². The molecule has 0 bridgehead atoms. The van der Waals surface area contributed by atoms with Crippen molar-refractivity contribution in [2.75, 3.05) is 18.4 Å². The zero-order valence-electron chi connectivity index (χ0n) is 17.8. The van der Waals surface area contributed by atoms with Crippen LogP contribution < -0.4 is 16.0 Å². The number of benzene rings is 1. The Morgan fingerprint density at radius 2 is 2.03 bits per heavy atom. The summed E-state index contributed by atoms with van der Waals surface area (Å²) < 4.78 is 0. The smallest absolute Gasteiger partial charge is 0.320 e. The van der Waals surface area contributed by atoms with E-state index in [9.17, 15) is 4.79 Å². The van der Waals surface area contributed by atoms with Gasteiger partial charge in [-0.05, 0) is 37.0 Å². The highest BCUT2D eigenvalue weighted by Gasteiger charge is 2.25. The summed E-state index contributed by atoms with van der Waals surface area (Å²) in [4.78, 5) is 21.0. The number of aromatic amines is 1. The number of amides is 2. The Labute approximate surface area is 185 Å². The van der Waals surface area contributed by atoms with Crippen LogP contribution in [0.4, 0.5) is 10.6 Å². The Bertz CT molecular complexity index is 1240. The summed E-state index contributed by atoms with van der Waals surface area (Å²) in [5.41, 5.74) is 4.82. The number of nitrogens with zero attached hydrogens (tertiary/aromatic N) is 3. The van der Waals surface area contributed by atoms with Gasteiger partial charge in [-0.25, -0.2) is 9.78 Å². The van der Waals surface area contributed by atoms with Gasteiger partial charge in [0.05, 0.1) is 5.52 Å². The molecule has 162 valence electrons. The lowest BCUT2D eigenvalue weighted by atomic mass is 10.0. The molecule has 8 nitrogen and oxygen atoms in total. The molecule has 0 radical (unpaired) electrons. The fourth-order valence-corrected chi connectivity index (χ4v) is 4.20. The number of aryl methyl sites for hydroxylation is 1. The minimum absolute atomic E-state index is 0.260. The molecule has 2 atom stereocenters. The normalized spacial score (nSPS) is 18.0. The molecule has 4 heterocycles. The first kappa shape index (κ1) is 20.1. The molecule has 1 aromatic carbocycles. The van der Waals surface area contributed by atoms with Gasteiger partial charge in [0.1, 0.15) is 11.5 Å². The number of carbonyl (C=O) groups is 1. The fraction of sp³-hybridized carbons (Fsp3) is 0.250. The van der Waals surface area contributed by atoms with E-state index < -0.39 is 0 Å². The highest BCUT2D eigenvalue weighted by atomic mass is 16.2. The van der Waals surface area contributed by atoms with Gasteiger partial charge in [0.2, 0.25) is 0 Å². The van der Waals surface area contributed by atoms with E-state index in [1.807, 2.05) is 25.1 Å². The third-order valence-corrected chi connectivity index (χ3v) is 5.83. The summed E-state index contributed by atoms with van der Waals surface area (Å²) in [5, 5.41) is 17.7. The van der Waals surface area contributed by atoms with Gasteiger partial charge in [-0.15, -0.1) is 0 Å². The second kappa shape index (κ2) is 8.76. The van der Waals surface area contributed by atoms with Crippen molar-refractivity contribution in [3.05, 3.63) is 72.2 Å². The van der Waals surface area contributed by atoms with Crippen LogP contribution in [0, 0.1) is 12.8 Å². The molecule has 2 amide bonds. The van der Waals surface area contributed by atoms with Crippen molar-refractivity contribution in [3.63, 3.8) is 0 Å². The number of hydrogen-bond donors (Lipinski definition) is 4. The van der Waals surface area contributed by atoms with E-state index in [0.717, 1.165) is 40.8 Å². The minimum Gasteiger partial charge on any atom is -0.338 e. The van der Waals surface area contributed by atoms with Gasteiger partial charge in [0.25, 0.3) is 0 Å². The summed E-state index contributed by atoms with van der Waals surface area (Å²) in [6.07, 6.45) is 4.49. The van der Waals surface area contributed by atoms with Crippen molar-refractivity contribution >= 4 is 22.8 Å². The van der Waals surface area contributed by atoms with Crippen LogP contribution in [-0.4, -0.2) is 39.3 Å². The van der Waals surface area contributed by atoms with E-state index >= 15 is 0 Å². The van der Waals surface area contributed by atoms with E-state index in [-0.39, 0.29) is 6.03 Å². The Kier molecular flexibility index (Phi) is 5.51. The number of carbonyl (C=O) groups excluding carboxylic acids is 1. The number of hydrogen-bond acceptors (Lipinski definition) is 5. The lowest BCUT2D eigenvalue weighted by Crippen LogP contribution is -2.33. The van der Waals surface area contributed by atoms with E-state index in [0.29, 0.717) is 24.3 Å². The minimum atomic E-state index is -0.260. The standard InChI is InChI=1S/C24H25N7O/c1-15-9-18(7-8-25-15)23-19-14-27-22(11-21(19)30-31-23)29-24(32)28-13-16-10-20(26-12-16)17-5-3-2-4-6-17/h2-9,11,14,16,20,26H,10,12-13H2,1H3,(H,30,31)(H2,27,28,29,32). The lowest BCUT2D eigenvalue weighted by Gasteiger charge is -2.12. The van der Waals surface area contributed by atoms with E-state index in [2.05, 4.69) is 60.4 Å². The Morgan fingerprint density at radius 1 is 1.16 bits per heavy atom. The highest BCUT2D eigenvalue weighted by Crippen LogP contribution is 2.28. The van der Waals surface area contributed by atoms with Crippen LogP contribution in [0.5, 0.6) is 0 Å². The maximum absolute atomic E-state index is 12.4. The molecule has 1 fully saturated rings. The molecule has 4 aromatic rings. The largest absolute Gasteiger partial charge is 0.338 e. The second-order valence-corrected chi connectivity index (χ2v) is 8.18. The summed E-state index contributed by atoms with van der Waals surface area (Å²) in [7, 11) is 0. The van der Waals surface area contributed by atoms with Crippen LogP contribution >= 0.6 is 0 Å². The number of urea groups is 1. The number of aromatic nitrogens is 4. The third kappa shape index (κ3) is 4.31. The first-order valence-corrected chi connectivity index (χ1v) is 10.8. The zero-order chi connectivity index (χ0) is 21.9. The SMILES string of the molecule is Cc1cc(-c2n[nH]c3cc(NC(=O)NCC4CNC(c5ccccc5)C4)ncc23)ccn1. The molecule has 5 rings (SSSR count). The van der Waals surface area contributed by atoms with E-state index in [4.69, 9.17) is 0 Å². The molecule has 2 unspecified atom stereocenters. The maximum atomic E-state index is 12.4. The van der Waals surface area contributed by atoms with Crippen molar-refractivity contribution in [3.8, 4) is 11.3 Å². The van der Waals surface area contributed by atoms with Gasteiger partial charge in [-0.2, -0.15) is 5.10 Å². The van der Waals surface area contributed by atoms with Crippen molar-refractivity contribution < 1.29 is 4.79 Å². The molecular weight excluding hydrogens is 402 g/mol. The summed E-state index contributed by atoms with van der Waals surface area (Å²) in [6, 6.07) is 16.2. The molecule has 0 saturated carbocycles. The highest BCUT2D eigenvalue weighted by molar-refractivity contribution is 5.95. The summed E-state index contributed by atoms with van der Waals surface area (Å²) in [5.74, 6) is 0.864. The Morgan fingerprint density at radius 3 is 2.88 bits per heavy atom. The topological polar surface area (TPSA) is 108 Å². The molecule has 8 heteroatoms. The molecule has 0 spiro atoms. The summed E-state index contributed by atoms with van der Waals surface area (Å²) >= 11 is 0. The zero-order valence-corrected chi connectivity index (χ0v) is 17.8. The van der Waals surface area contributed by atoms with Crippen molar-refractivity contribution in [2.24, 2.45) is 5.92 Å². The number of pyridine rings is 2. The Hall–Kier alpha value is -3.78. The molecule has 1 aliphatic rings. The predicted molar refractivity (Wildman–Crippen MR) is 124 cm³/mol. The fourth-order valence-electron chi connectivity index (χ4n) is 4.20. The van der Waals surface area contributed by atoms with Crippen LogP contribution in [0.2, 0.25) is 0 Å². The third-order valence-electron chi connectivity index (χ3n) is 5.83. The van der Waals surface area contributed by atoms with Gasteiger partial charge in [-0.3, -0.25) is 15.4 Å². The molecule has 32 heavy (non-hydrogen) atoms. The van der Waals surface area contributed by atoms with Gasteiger partial charge < -0.3 is 10.6 Å². The number of nitrogens with one attached hydrogen (secondary N) is 4. The maximum Gasteiger partial charge on any atom is 0.320 e. The molecule has 1 aliphatic heterocycles. The van der Waals surface area contributed by atoms with Crippen LogP contribution in [-0.2, 0) is 0 Å². The average molecular weight is 428 g/mol. The van der Waals surface area contributed by atoms with E-state index in [1.54, 1.807) is 18.5 Å². The van der Waals surface area contributed by atoms with Crippen molar-refractivity contribution in [2.45, 2.75) is 19.4 Å². The van der Waals surface area contributed by atoms with Gasteiger partial charge in [-0.1, -0.05) is 30.3 Å². The number of rotatable bonds is 5. The van der Waals surface area contributed by atoms with Gasteiger partial charge in [0.15, 0.2) is 0 Å². The number of H-pyrrole nitrogens is 1. The second-order valence-electron chi connectivity index (χ2n) is 8.18. The van der Waals surface area contributed by atoms with Crippen LogP contribution in [0.3, 0.4) is 0 Å². The molecular formula is C24H25N7O. The first-order valence-electron chi connectivity index (χ1n) is 10.8. The molecule has 3 aromatic heterocycles.